The van der Waals surface area contributed by atoms with Crippen molar-refractivity contribution in [2.45, 2.75) is 65.6 Å². The van der Waals surface area contributed by atoms with Gasteiger partial charge in [-0.1, -0.05) is 12.5 Å². The van der Waals surface area contributed by atoms with E-state index in [-0.39, 0.29) is 35.1 Å². The molecule has 0 aromatic heterocycles. The molecule has 2 rings (SSSR count). The average molecular weight is 294 g/mol. The second kappa shape index (κ2) is 5.24. The van der Waals surface area contributed by atoms with Crippen molar-refractivity contribution in [3.63, 3.8) is 0 Å². The molecule has 0 aromatic carbocycles. The van der Waals surface area contributed by atoms with Gasteiger partial charge >= 0.3 is 5.97 Å². The van der Waals surface area contributed by atoms with Crippen molar-refractivity contribution in [1.29, 1.82) is 0 Å². The number of esters is 1. The van der Waals surface area contributed by atoms with E-state index in [1.54, 1.807) is 19.9 Å². The van der Waals surface area contributed by atoms with E-state index in [4.69, 9.17) is 4.74 Å². The van der Waals surface area contributed by atoms with Gasteiger partial charge < -0.3 is 9.84 Å². The third-order valence-corrected chi connectivity index (χ3v) is 5.17. The molecule has 0 unspecified atom stereocenters. The molecule has 4 atom stereocenters. The number of hydrogen-bond acceptors (Lipinski definition) is 4. The van der Waals surface area contributed by atoms with E-state index >= 15 is 0 Å². The molecule has 0 aromatic rings. The number of allylic oxidation sites excluding steroid dienone is 1. The SMILES string of the molecule is CC(=O)O[C@H]1[C@H](C(C)(C)O)CC[C@@]2(C)CC(=O)C=C(C)[C@H]12. The highest BCUT2D eigenvalue weighted by atomic mass is 16.5. The third-order valence-electron chi connectivity index (χ3n) is 5.17. The summed E-state index contributed by atoms with van der Waals surface area (Å²) >= 11 is 0. The molecule has 2 aliphatic rings. The molecule has 1 N–H and O–H groups in total. The van der Waals surface area contributed by atoms with Crippen molar-refractivity contribution in [3.8, 4) is 0 Å². The minimum Gasteiger partial charge on any atom is -0.461 e. The van der Waals surface area contributed by atoms with Crippen LogP contribution in [0.3, 0.4) is 0 Å². The molecule has 4 nitrogen and oxygen atoms in total. The number of hydrogen-bond donors (Lipinski definition) is 1. The Labute approximate surface area is 126 Å². The molecule has 1 fully saturated rings. The molecule has 0 amide bonds. The van der Waals surface area contributed by atoms with Crippen LogP contribution in [0.2, 0.25) is 0 Å². The van der Waals surface area contributed by atoms with E-state index < -0.39 is 5.60 Å². The zero-order chi connectivity index (χ0) is 16.0. The summed E-state index contributed by atoms with van der Waals surface area (Å²) in [5, 5.41) is 10.5. The highest BCUT2D eigenvalue weighted by Crippen LogP contribution is 2.54. The number of carbonyl (C=O) groups excluding carboxylic acids is 2. The maximum absolute atomic E-state index is 11.9. The lowest BCUT2D eigenvalue weighted by molar-refractivity contribution is -0.173. The predicted octanol–water partition coefficient (Wildman–Crippen LogP) is 2.64. The van der Waals surface area contributed by atoms with Crippen molar-refractivity contribution in [2.24, 2.45) is 17.3 Å². The van der Waals surface area contributed by atoms with Crippen molar-refractivity contribution in [3.05, 3.63) is 11.6 Å². The van der Waals surface area contributed by atoms with Gasteiger partial charge in [-0.05, 0) is 45.1 Å². The quantitative estimate of drug-likeness (QED) is 0.795. The molecule has 118 valence electrons. The molecule has 1 saturated carbocycles. The molecular formula is C17H26O4. The highest BCUT2D eigenvalue weighted by molar-refractivity contribution is 5.92. The molecule has 0 bridgehead atoms. The summed E-state index contributed by atoms with van der Waals surface area (Å²) in [4.78, 5) is 23.5. The Morgan fingerprint density at radius 3 is 2.62 bits per heavy atom. The third kappa shape index (κ3) is 3.05. The molecule has 0 saturated heterocycles. The molecule has 0 heterocycles. The van der Waals surface area contributed by atoms with Crippen molar-refractivity contribution in [1.82, 2.24) is 0 Å². The first-order chi connectivity index (χ1) is 9.54. The lowest BCUT2D eigenvalue weighted by Crippen LogP contribution is -2.55. The Bertz CT molecular complexity index is 486. The van der Waals surface area contributed by atoms with Gasteiger partial charge in [-0.15, -0.1) is 0 Å². The first kappa shape index (κ1) is 16.2. The minimum absolute atomic E-state index is 0.00396. The van der Waals surface area contributed by atoms with Crippen LogP contribution in [0.5, 0.6) is 0 Å². The van der Waals surface area contributed by atoms with E-state index in [9.17, 15) is 14.7 Å². The van der Waals surface area contributed by atoms with Crippen molar-refractivity contribution < 1.29 is 19.4 Å². The number of fused-ring (bicyclic) bond motifs is 1. The largest absolute Gasteiger partial charge is 0.461 e. The van der Waals surface area contributed by atoms with E-state index in [1.165, 1.54) is 6.92 Å². The fraction of sp³-hybridized carbons (Fsp3) is 0.765. The lowest BCUT2D eigenvalue weighted by atomic mass is 9.54. The van der Waals surface area contributed by atoms with Gasteiger partial charge in [0.25, 0.3) is 0 Å². The lowest BCUT2D eigenvalue weighted by Gasteiger charge is -2.53. The maximum Gasteiger partial charge on any atom is 0.302 e. The summed E-state index contributed by atoms with van der Waals surface area (Å²) in [6.45, 7) is 8.97. The normalized spacial score (nSPS) is 36.8. The summed E-state index contributed by atoms with van der Waals surface area (Å²) < 4.78 is 5.62. The number of ether oxygens (including phenoxy) is 1. The summed E-state index contributed by atoms with van der Waals surface area (Å²) in [5.74, 6) is -0.293. The van der Waals surface area contributed by atoms with E-state index in [1.807, 2.05) is 6.92 Å². The second-order valence-corrected chi connectivity index (χ2v) is 7.54. The number of ketones is 1. The van der Waals surface area contributed by atoms with Gasteiger partial charge in [-0.2, -0.15) is 0 Å². The topological polar surface area (TPSA) is 63.6 Å². The molecule has 21 heavy (non-hydrogen) atoms. The fourth-order valence-corrected chi connectivity index (χ4v) is 4.33. The molecule has 0 radical (unpaired) electrons. The van der Waals surface area contributed by atoms with Crippen LogP contribution in [0.15, 0.2) is 11.6 Å². The van der Waals surface area contributed by atoms with Gasteiger partial charge in [0, 0.05) is 25.2 Å². The van der Waals surface area contributed by atoms with Gasteiger partial charge in [0.2, 0.25) is 0 Å². The minimum atomic E-state index is -0.914. The number of rotatable bonds is 2. The summed E-state index contributed by atoms with van der Waals surface area (Å²) in [6, 6.07) is 0. The second-order valence-electron chi connectivity index (χ2n) is 7.54. The summed E-state index contributed by atoms with van der Waals surface area (Å²) in [6.07, 6.45) is 3.42. The van der Waals surface area contributed by atoms with Crippen molar-refractivity contribution >= 4 is 11.8 Å². The van der Waals surface area contributed by atoms with Crippen molar-refractivity contribution in [2.75, 3.05) is 0 Å². The van der Waals surface area contributed by atoms with Crippen LogP contribution >= 0.6 is 0 Å². The molecule has 2 aliphatic carbocycles. The fourth-order valence-electron chi connectivity index (χ4n) is 4.33. The molecule has 0 aliphatic heterocycles. The number of carbonyl (C=O) groups is 2. The zero-order valence-electron chi connectivity index (χ0n) is 13.6. The van der Waals surface area contributed by atoms with Crippen LogP contribution in [0.4, 0.5) is 0 Å². The predicted molar refractivity (Wildman–Crippen MR) is 79.6 cm³/mol. The Balaban J connectivity index is 2.45. The summed E-state index contributed by atoms with van der Waals surface area (Å²) in [5.41, 5.74) is -0.130. The Morgan fingerprint density at radius 2 is 2.10 bits per heavy atom. The standard InChI is InChI=1S/C17H26O4/c1-10-8-12(19)9-17(5)7-6-13(16(3,4)20)15(14(10)17)21-11(2)18/h8,13-15,20H,6-7,9H2,1-5H3/t13-,14-,15+,17+/m1/s1. The average Bonchev–Trinajstić information content (AvgIpc) is 2.23. The molecule has 4 heteroatoms. The Kier molecular flexibility index (Phi) is 4.04. The maximum atomic E-state index is 11.9. The van der Waals surface area contributed by atoms with Gasteiger partial charge in [-0.3, -0.25) is 9.59 Å². The van der Waals surface area contributed by atoms with Crippen LogP contribution in [0.1, 0.15) is 53.9 Å². The van der Waals surface area contributed by atoms with E-state index in [0.717, 1.165) is 18.4 Å². The highest BCUT2D eigenvalue weighted by Gasteiger charge is 2.54. The Hall–Kier alpha value is -1.16. The van der Waals surface area contributed by atoms with E-state index in [0.29, 0.717) is 6.42 Å². The number of aliphatic hydroxyl groups is 1. The van der Waals surface area contributed by atoms with Crippen LogP contribution < -0.4 is 0 Å². The smallest absolute Gasteiger partial charge is 0.302 e. The monoisotopic (exact) mass is 294 g/mol. The van der Waals surface area contributed by atoms with Gasteiger partial charge in [0.1, 0.15) is 6.10 Å². The van der Waals surface area contributed by atoms with Gasteiger partial charge in [-0.25, -0.2) is 0 Å². The van der Waals surface area contributed by atoms with Crippen LogP contribution in [0, 0.1) is 17.3 Å². The summed E-state index contributed by atoms with van der Waals surface area (Å²) in [7, 11) is 0. The van der Waals surface area contributed by atoms with Gasteiger partial charge in [0.05, 0.1) is 5.60 Å². The molecular weight excluding hydrogens is 268 g/mol. The van der Waals surface area contributed by atoms with Gasteiger partial charge in [0.15, 0.2) is 5.78 Å². The first-order valence-electron chi connectivity index (χ1n) is 7.65. The van der Waals surface area contributed by atoms with Crippen LogP contribution in [-0.4, -0.2) is 28.6 Å². The van der Waals surface area contributed by atoms with Crippen LogP contribution in [-0.2, 0) is 14.3 Å². The molecule has 0 spiro atoms. The van der Waals surface area contributed by atoms with E-state index in [2.05, 4.69) is 6.92 Å². The zero-order valence-corrected chi connectivity index (χ0v) is 13.6. The van der Waals surface area contributed by atoms with Crippen LogP contribution in [0.25, 0.3) is 0 Å². The Morgan fingerprint density at radius 1 is 1.48 bits per heavy atom. The first-order valence-corrected chi connectivity index (χ1v) is 7.65.